The monoisotopic (exact) mass is 327 g/mol. The Hall–Kier alpha value is -2.18. The van der Waals surface area contributed by atoms with Gasteiger partial charge in [-0.2, -0.15) is 0 Å². The van der Waals surface area contributed by atoms with Crippen molar-refractivity contribution in [2.45, 2.75) is 26.8 Å². The Bertz CT molecular complexity index is 869. The van der Waals surface area contributed by atoms with Gasteiger partial charge < -0.3 is 20.8 Å². The van der Waals surface area contributed by atoms with Crippen molar-refractivity contribution in [3.8, 4) is 0 Å². The maximum Gasteiger partial charge on any atom is 0.152 e. The number of imidazole rings is 1. The van der Waals surface area contributed by atoms with Crippen LogP contribution in [0.2, 0.25) is 0 Å². The molecule has 0 aliphatic carbocycles. The molecule has 3 rings (SSSR count). The number of para-hydroxylation sites is 1. The number of pyridine rings is 1. The average molecular weight is 327 g/mol. The van der Waals surface area contributed by atoms with Gasteiger partial charge in [0, 0.05) is 25.5 Å². The van der Waals surface area contributed by atoms with Gasteiger partial charge in [-0.1, -0.05) is 32.0 Å². The Labute approximate surface area is 141 Å². The first-order chi connectivity index (χ1) is 11.5. The molecular formula is C18H25N5O. The predicted octanol–water partition coefficient (Wildman–Crippen LogP) is 2.34. The molecule has 1 aromatic carbocycles. The Kier molecular flexibility index (Phi) is 4.43. The van der Waals surface area contributed by atoms with Gasteiger partial charge in [0.15, 0.2) is 5.82 Å². The van der Waals surface area contributed by atoms with Crippen LogP contribution in [-0.4, -0.2) is 34.8 Å². The lowest BCUT2D eigenvalue weighted by atomic mass is 9.93. The third-order valence-corrected chi connectivity index (χ3v) is 4.36. The number of aromatic nitrogens is 3. The molecule has 6 nitrogen and oxygen atoms in total. The molecule has 0 saturated carbocycles. The summed E-state index contributed by atoms with van der Waals surface area (Å²) in [6.07, 6.45) is 0.722. The van der Waals surface area contributed by atoms with E-state index in [4.69, 9.17) is 21.2 Å². The molecule has 0 aliphatic heterocycles. The van der Waals surface area contributed by atoms with Crippen LogP contribution in [-0.2, 0) is 17.7 Å². The molecule has 0 saturated heterocycles. The van der Waals surface area contributed by atoms with Crippen molar-refractivity contribution in [1.29, 1.82) is 0 Å². The molecule has 0 amide bonds. The zero-order valence-electron chi connectivity index (χ0n) is 14.5. The summed E-state index contributed by atoms with van der Waals surface area (Å²) in [6, 6.07) is 8.03. The van der Waals surface area contributed by atoms with E-state index < -0.39 is 0 Å². The highest BCUT2D eigenvalue weighted by Gasteiger charge is 2.23. The molecule has 3 aromatic rings. The number of ether oxygens (including phenoxy) is 1. The van der Waals surface area contributed by atoms with E-state index in [1.165, 1.54) is 0 Å². The van der Waals surface area contributed by atoms with Gasteiger partial charge in [-0.15, -0.1) is 0 Å². The first-order valence-electron chi connectivity index (χ1n) is 8.19. The first-order valence-corrected chi connectivity index (χ1v) is 8.19. The van der Waals surface area contributed by atoms with Gasteiger partial charge in [-0.25, -0.2) is 9.97 Å². The number of nitrogens with zero attached hydrogens (tertiary/aromatic N) is 3. The molecule has 0 aliphatic rings. The predicted molar refractivity (Wildman–Crippen MR) is 97.9 cm³/mol. The fourth-order valence-corrected chi connectivity index (χ4v) is 2.95. The van der Waals surface area contributed by atoms with Crippen LogP contribution in [0.1, 0.15) is 19.7 Å². The Morgan fingerprint density at radius 2 is 1.96 bits per heavy atom. The Balaban J connectivity index is 2.30. The molecule has 0 atom stereocenters. The number of hydrogen-bond acceptors (Lipinski definition) is 5. The van der Waals surface area contributed by atoms with Crippen molar-refractivity contribution in [3.05, 3.63) is 30.1 Å². The topological polar surface area (TPSA) is 92.0 Å². The van der Waals surface area contributed by atoms with Crippen LogP contribution in [0.3, 0.4) is 0 Å². The van der Waals surface area contributed by atoms with E-state index >= 15 is 0 Å². The number of rotatable bonds is 6. The molecule has 4 N–H and O–H groups in total. The van der Waals surface area contributed by atoms with Gasteiger partial charge in [0.1, 0.15) is 11.3 Å². The summed E-state index contributed by atoms with van der Waals surface area (Å²) in [7, 11) is 1.70. The zero-order chi connectivity index (χ0) is 17.3. The summed E-state index contributed by atoms with van der Waals surface area (Å²) >= 11 is 0. The average Bonchev–Trinajstić information content (AvgIpc) is 2.92. The summed E-state index contributed by atoms with van der Waals surface area (Å²) in [5.41, 5.74) is 14.8. The number of benzene rings is 1. The summed E-state index contributed by atoms with van der Waals surface area (Å²) in [4.78, 5) is 9.27. The van der Waals surface area contributed by atoms with Crippen molar-refractivity contribution >= 4 is 27.8 Å². The van der Waals surface area contributed by atoms with Crippen LogP contribution >= 0.6 is 0 Å². The number of nitrogens with two attached hydrogens (primary N) is 2. The molecule has 2 heterocycles. The first kappa shape index (κ1) is 16.7. The lowest BCUT2D eigenvalue weighted by molar-refractivity contribution is 0.198. The van der Waals surface area contributed by atoms with Crippen molar-refractivity contribution in [2.24, 2.45) is 11.1 Å². The molecule has 0 unspecified atom stereocenters. The van der Waals surface area contributed by atoms with Crippen LogP contribution < -0.4 is 11.5 Å². The molecule has 6 heteroatoms. The normalized spacial score (nSPS) is 12.3. The van der Waals surface area contributed by atoms with Crippen LogP contribution in [0, 0.1) is 5.41 Å². The standard InChI is InChI=1S/C18H25N5O/c1-18(2,10-19)11-23-14(8-9-24-3)22-15-16(23)12-6-4-5-7-13(12)21-17(15)20/h4-7H,8-11,19H2,1-3H3,(H2,20,21). The second-order valence-electron chi connectivity index (χ2n) is 6.94. The fraction of sp³-hybridized carbons (Fsp3) is 0.444. The molecule has 2 aromatic heterocycles. The van der Waals surface area contributed by atoms with E-state index in [2.05, 4.69) is 29.5 Å². The van der Waals surface area contributed by atoms with Gasteiger partial charge in [0.2, 0.25) is 0 Å². The van der Waals surface area contributed by atoms with Crippen molar-refractivity contribution < 1.29 is 4.74 Å². The second-order valence-corrected chi connectivity index (χ2v) is 6.94. The van der Waals surface area contributed by atoms with Crippen molar-refractivity contribution in [1.82, 2.24) is 14.5 Å². The second kappa shape index (κ2) is 6.37. The van der Waals surface area contributed by atoms with E-state index in [0.29, 0.717) is 19.0 Å². The molecule has 0 radical (unpaired) electrons. The highest BCUT2D eigenvalue weighted by atomic mass is 16.5. The Morgan fingerprint density at radius 1 is 1.21 bits per heavy atom. The third-order valence-electron chi connectivity index (χ3n) is 4.36. The van der Waals surface area contributed by atoms with E-state index in [1.54, 1.807) is 7.11 Å². The maximum atomic E-state index is 6.19. The van der Waals surface area contributed by atoms with Crippen LogP contribution in [0.15, 0.2) is 24.3 Å². The molecule has 0 bridgehead atoms. The highest BCUT2D eigenvalue weighted by Crippen LogP contribution is 2.31. The molecular weight excluding hydrogens is 302 g/mol. The minimum atomic E-state index is -0.0470. The largest absolute Gasteiger partial charge is 0.384 e. The number of methoxy groups -OCH3 is 1. The number of hydrogen-bond donors (Lipinski definition) is 2. The summed E-state index contributed by atoms with van der Waals surface area (Å²) in [6.45, 7) is 6.29. The van der Waals surface area contributed by atoms with E-state index in [0.717, 1.165) is 40.7 Å². The quantitative estimate of drug-likeness (QED) is 0.725. The van der Waals surface area contributed by atoms with Crippen molar-refractivity contribution in [2.75, 3.05) is 26.0 Å². The fourth-order valence-electron chi connectivity index (χ4n) is 2.95. The van der Waals surface area contributed by atoms with Gasteiger partial charge in [0.25, 0.3) is 0 Å². The lowest BCUT2D eigenvalue weighted by Crippen LogP contribution is -2.29. The van der Waals surface area contributed by atoms with Gasteiger partial charge >= 0.3 is 0 Å². The Morgan fingerprint density at radius 3 is 2.67 bits per heavy atom. The number of anilines is 1. The van der Waals surface area contributed by atoms with E-state index in [-0.39, 0.29) is 5.41 Å². The minimum absolute atomic E-state index is 0.0470. The third kappa shape index (κ3) is 2.95. The van der Waals surface area contributed by atoms with Gasteiger partial charge in [-0.3, -0.25) is 0 Å². The van der Waals surface area contributed by atoms with Crippen LogP contribution in [0.25, 0.3) is 21.9 Å². The smallest absolute Gasteiger partial charge is 0.152 e. The lowest BCUT2D eigenvalue weighted by Gasteiger charge is -2.25. The molecule has 128 valence electrons. The van der Waals surface area contributed by atoms with E-state index in [1.807, 2.05) is 18.2 Å². The molecule has 0 fully saturated rings. The van der Waals surface area contributed by atoms with Crippen molar-refractivity contribution in [3.63, 3.8) is 0 Å². The van der Waals surface area contributed by atoms with Gasteiger partial charge in [0.05, 0.1) is 17.6 Å². The molecule has 24 heavy (non-hydrogen) atoms. The zero-order valence-corrected chi connectivity index (χ0v) is 14.5. The summed E-state index contributed by atoms with van der Waals surface area (Å²) in [5, 5.41) is 1.06. The number of fused-ring (bicyclic) bond motifs is 3. The SMILES string of the molecule is COCCc1nc2c(N)nc3ccccc3c2n1CC(C)(C)CN. The summed E-state index contributed by atoms with van der Waals surface area (Å²) in [5.74, 6) is 1.42. The van der Waals surface area contributed by atoms with Crippen LogP contribution in [0.5, 0.6) is 0 Å². The van der Waals surface area contributed by atoms with E-state index in [9.17, 15) is 0 Å². The van der Waals surface area contributed by atoms with Gasteiger partial charge in [-0.05, 0) is 18.0 Å². The minimum Gasteiger partial charge on any atom is -0.384 e. The van der Waals surface area contributed by atoms with Crippen LogP contribution in [0.4, 0.5) is 5.82 Å². The summed E-state index contributed by atoms with van der Waals surface area (Å²) < 4.78 is 7.48. The maximum absolute atomic E-state index is 6.19. The number of nitrogen functional groups attached to an aromatic ring is 1. The highest BCUT2D eigenvalue weighted by molar-refractivity contribution is 6.06. The molecule has 0 spiro atoms.